The monoisotopic (exact) mass is 470 g/mol. The first-order valence-corrected chi connectivity index (χ1v) is 13.4. The van der Waals surface area contributed by atoms with Crippen LogP contribution in [-0.2, 0) is 10.1 Å². The quantitative estimate of drug-likeness (QED) is 0.448. The third-order valence-electron chi connectivity index (χ3n) is 7.87. The van der Waals surface area contributed by atoms with E-state index in [-0.39, 0.29) is 22.9 Å². The third kappa shape index (κ3) is 4.42. The number of hydrogen-bond donors (Lipinski definition) is 3. The van der Waals surface area contributed by atoms with Crippen molar-refractivity contribution in [3.8, 4) is 0 Å². The Morgan fingerprint density at radius 1 is 0.879 bits per heavy atom. The fourth-order valence-corrected chi connectivity index (χ4v) is 6.56. The van der Waals surface area contributed by atoms with Gasteiger partial charge in [-0.1, -0.05) is 93.5 Å². The summed E-state index contributed by atoms with van der Waals surface area (Å²) in [5.74, 6) is -0.375. The van der Waals surface area contributed by atoms with Gasteiger partial charge in [0.15, 0.2) is 0 Å². The molecule has 0 radical (unpaired) electrons. The highest BCUT2D eigenvalue weighted by Crippen LogP contribution is 2.59. The summed E-state index contributed by atoms with van der Waals surface area (Å²) in [6.45, 7) is 8.37. The van der Waals surface area contributed by atoms with E-state index in [2.05, 4.69) is 64.2 Å². The summed E-state index contributed by atoms with van der Waals surface area (Å²) in [6.07, 6.45) is 15.9. The molecule has 1 aromatic rings. The first-order valence-electron chi connectivity index (χ1n) is 12.0. The lowest BCUT2D eigenvalue weighted by molar-refractivity contribution is 0.119. The standard InChI is InChI=1S/C27H38N2O3S/c1-5-19-13-15-26(7-3,23(28)17-19)25(21-11-9-10-12-22(21)33(30,31)32)27(8-4)16-14-20(6-2)18-24(27)29/h9-18,23-25H,5-8,28-29H2,1-4H3,(H,30,31,32). The Morgan fingerprint density at radius 2 is 1.33 bits per heavy atom. The van der Waals surface area contributed by atoms with Crippen LogP contribution in [0, 0.1) is 10.8 Å². The second kappa shape index (κ2) is 9.71. The van der Waals surface area contributed by atoms with Crippen LogP contribution in [0.3, 0.4) is 0 Å². The van der Waals surface area contributed by atoms with Crippen LogP contribution in [0.4, 0.5) is 0 Å². The van der Waals surface area contributed by atoms with Crippen molar-refractivity contribution < 1.29 is 13.0 Å². The molecule has 2 aliphatic carbocycles. The minimum Gasteiger partial charge on any atom is -0.324 e. The zero-order valence-electron chi connectivity index (χ0n) is 20.2. The molecular weight excluding hydrogens is 432 g/mol. The molecule has 0 saturated heterocycles. The fraction of sp³-hybridized carbons (Fsp3) is 0.481. The van der Waals surface area contributed by atoms with E-state index in [0.717, 1.165) is 24.0 Å². The van der Waals surface area contributed by atoms with Crippen molar-refractivity contribution in [3.63, 3.8) is 0 Å². The molecule has 4 unspecified atom stereocenters. The van der Waals surface area contributed by atoms with Crippen LogP contribution in [0.1, 0.15) is 64.9 Å². The maximum Gasteiger partial charge on any atom is 0.294 e. The number of rotatable bonds is 8. The summed E-state index contributed by atoms with van der Waals surface area (Å²) in [5, 5.41) is 0. The highest BCUT2D eigenvalue weighted by atomic mass is 32.2. The van der Waals surface area contributed by atoms with Gasteiger partial charge in [-0.2, -0.15) is 8.42 Å². The molecule has 3 rings (SSSR count). The third-order valence-corrected chi connectivity index (χ3v) is 8.80. The van der Waals surface area contributed by atoms with Gasteiger partial charge >= 0.3 is 0 Å². The van der Waals surface area contributed by atoms with Gasteiger partial charge in [-0.05, 0) is 37.3 Å². The molecule has 5 N–H and O–H groups in total. The van der Waals surface area contributed by atoms with E-state index < -0.39 is 20.9 Å². The maximum absolute atomic E-state index is 12.5. The number of benzene rings is 1. The van der Waals surface area contributed by atoms with Crippen molar-refractivity contribution >= 4 is 10.1 Å². The van der Waals surface area contributed by atoms with Gasteiger partial charge in [0.1, 0.15) is 0 Å². The molecule has 0 heterocycles. The number of nitrogens with two attached hydrogens (primary N) is 2. The molecule has 6 heteroatoms. The lowest BCUT2D eigenvalue weighted by Gasteiger charge is -2.54. The molecule has 0 bridgehead atoms. The molecule has 0 aromatic heterocycles. The fourth-order valence-electron chi connectivity index (χ4n) is 5.83. The summed E-state index contributed by atoms with van der Waals surface area (Å²) in [7, 11) is -4.45. The van der Waals surface area contributed by atoms with Crippen molar-refractivity contribution in [2.45, 2.75) is 76.3 Å². The highest BCUT2D eigenvalue weighted by Gasteiger charge is 2.54. The van der Waals surface area contributed by atoms with Crippen LogP contribution in [-0.4, -0.2) is 25.1 Å². The molecule has 5 nitrogen and oxygen atoms in total. The summed E-state index contributed by atoms with van der Waals surface area (Å²) >= 11 is 0. The predicted octanol–water partition coefficient (Wildman–Crippen LogP) is 5.28. The van der Waals surface area contributed by atoms with E-state index in [9.17, 15) is 13.0 Å². The minimum absolute atomic E-state index is 0.0765. The normalized spacial score (nSPS) is 30.6. The summed E-state index contributed by atoms with van der Waals surface area (Å²) < 4.78 is 35.2. The molecule has 0 fully saturated rings. The first-order chi connectivity index (χ1) is 15.6. The lowest BCUT2D eigenvalue weighted by atomic mass is 9.51. The van der Waals surface area contributed by atoms with Crippen LogP contribution in [0.5, 0.6) is 0 Å². The second-order valence-corrected chi connectivity index (χ2v) is 10.7. The Kier molecular flexibility index (Phi) is 7.54. The van der Waals surface area contributed by atoms with Crippen LogP contribution in [0.15, 0.2) is 76.8 Å². The Labute approximate surface area is 199 Å². The second-order valence-electron chi connectivity index (χ2n) is 9.29. The molecule has 0 amide bonds. The molecule has 33 heavy (non-hydrogen) atoms. The van der Waals surface area contributed by atoms with E-state index in [1.54, 1.807) is 6.07 Å². The van der Waals surface area contributed by atoms with Crippen molar-refractivity contribution in [1.82, 2.24) is 0 Å². The van der Waals surface area contributed by atoms with Crippen molar-refractivity contribution in [1.29, 1.82) is 0 Å². The van der Waals surface area contributed by atoms with Crippen LogP contribution in [0.2, 0.25) is 0 Å². The van der Waals surface area contributed by atoms with E-state index in [0.29, 0.717) is 18.4 Å². The largest absolute Gasteiger partial charge is 0.324 e. The van der Waals surface area contributed by atoms with Gasteiger partial charge in [0.25, 0.3) is 10.1 Å². The van der Waals surface area contributed by atoms with Gasteiger partial charge in [-0.3, -0.25) is 4.55 Å². The number of hydrogen-bond acceptors (Lipinski definition) is 4. The predicted molar refractivity (Wildman–Crippen MR) is 135 cm³/mol. The molecule has 0 saturated carbocycles. The van der Waals surface area contributed by atoms with Gasteiger partial charge < -0.3 is 11.5 Å². The van der Waals surface area contributed by atoms with Gasteiger partial charge in [0, 0.05) is 28.8 Å². The number of allylic oxidation sites excluding steroid dienone is 4. The molecule has 1 aromatic carbocycles. The molecule has 180 valence electrons. The molecule has 0 aliphatic heterocycles. The molecular formula is C27H38N2O3S. The average Bonchev–Trinajstić information content (AvgIpc) is 2.80. The first kappa shape index (κ1) is 25.6. The van der Waals surface area contributed by atoms with Gasteiger partial charge in [-0.25, -0.2) is 0 Å². The molecule has 0 spiro atoms. The molecule has 2 aliphatic rings. The lowest BCUT2D eigenvalue weighted by Crippen LogP contribution is -2.55. The zero-order valence-corrected chi connectivity index (χ0v) is 21.0. The van der Waals surface area contributed by atoms with E-state index in [4.69, 9.17) is 11.5 Å². The zero-order chi connectivity index (χ0) is 24.4. The van der Waals surface area contributed by atoms with Gasteiger partial charge in [0.05, 0.1) is 4.90 Å². The van der Waals surface area contributed by atoms with Crippen molar-refractivity contribution in [2.24, 2.45) is 22.3 Å². The van der Waals surface area contributed by atoms with Gasteiger partial charge in [-0.15, -0.1) is 0 Å². The van der Waals surface area contributed by atoms with Crippen molar-refractivity contribution in [3.05, 3.63) is 77.4 Å². The Bertz CT molecular complexity index is 1050. The van der Waals surface area contributed by atoms with E-state index >= 15 is 0 Å². The topological polar surface area (TPSA) is 106 Å². The minimum atomic E-state index is -4.45. The maximum atomic E-state index is 12.5. The SMILES string of the molecule is CCC1=CC(N)C(CC)(C(c2ccccc2S(=O)(=O)O)C2(CC)C=CC(CC)=CC2N)C=C1. The Morgan fingerprint density at radius 3 is 1.70 bits per heavy atom. The summed E-state index contributed by atoms with van der Waals surface area (Å²) in [6, 6.07) is 6.08. The van der Waals surface area contributed by atoms with Crippen LogP contribution < -0.4 is 11.5 Å². The van der Waals surface area contributed by atoms with Gasteiger partial charge in [0.2, 0.25) is 0 Å². The molecule has 4 atom stereocenters. The highest BCUT2D eigenvalue weighted by molar-refractivity contribution is 7.85. The van der Waals surface area contributed by atoms with Crippen molar-refractivity contribution in [2.75, 3.05) is 0 Å². The smallest absolute Gasteiger partial charge is 0.294 e. The Hall–Kier alpha value is -1.99. The summed E-state index contributed by atoms with van der Waals surface area (Å²) in [5.41, 5.74) is 15.5. The average molecular weight is 471 g/mol. The van der Waals surface area contributed by atoms with E-state index in [1.165, 1.54) is 6.07 Å². The Balaban J connectivity index is 2.37. The summed E-state index contributed by atoms with van der Waals surface area (Å²) in [4.78, 5) is -0.0765. The van der Waals surface area contributed by atoms with Crippen LogP contribution in [0.25, 0.3) is 0 Å². The van der Waals surface area contributed by atoms with Crippen LogP contribution >= 0.6 is 0 Å². The van der Waals surface area contributed by atoms with E-state index in [1.807, 2.05) is 12.1 Å².